The minimum atomic E-state index is -0.676. The fourth-order valence-electron chi connectivity index (χ4n) is 3.82. The van der Waals surface area contributed by atoms with Gasteiger partial charge in [0.25, 0.3) is 0 Å². The van der Waals surface area contributed by atoms with E-state index in [1.165, 1.54) is 12.1 Å². The van der Waals surface area contributed by atoms with Gasteiger partial charge in [0.05, 0.1) is 24.5 Å². The molecule has 0 bridgehead atoms. The highest BCUT2D eigenvalue weighted by Gasteiger charge is 2.26. The van der Waals surface area contributed by atoms with Crippen molar-refractivity contribution in [1.29, 1.82) is 0 Å². The van der Waals surface area contributed by atoms with Crippen molar-refractivity contribution < 1.29 is 28.6 Å². The first kappa shape index (κ1) is 29.5. The van der Waals surface area contributed by atoms with E-state index in [9.17, 15) is 18.8 Å². The molecule has 2 aromatic rings. The van der Waals surface area contributed by atoms with E-state index in [2.05, 4.69) is 23.8 Å². The molecule has 2 aromatic carbocycles. The summed E-state index contributed by atoms with van der Waals surface area (Å²) in [6.07, 6.45) is 4.14. The quantitative estimate of drug-likeness (QED) is 0.236. The summed E-state index contributed by atoms with van der Waals surface area (Å²) in [5.41, 5.74) is 1.54. The number of esters is 1. The second-order valence-corrected chi connectivity index (χ2v) is 8.65. The van der Waals surface area contributed by atoms with Crippen LogP contribution < -0.4 is 10.6 Å². The van der Waals surface area contributed by atoms with Crippen LogP contribution in [0.3, 0.4) is 0 Å². The van der Waals surface area contributed by atoms with Gasteiger partial charge in [-0.15, -0.1) is 13.2 Å². The molecule has 3 N–H and O–H groups in total. The van der Waals surface area contributed by atoms with Crippen LogP contribution in [0.1, 0.15) is 36.4 Å². The predicted octanol–water partition coefficient (Wildman–Crippen LogP) is 3.65. The number of amides is 2. The fourth-order valence-corrected chi connectivity index (χ4v) is 3.82. The van der Waals surface area contributed by atoms with Crippen molar-refractivity contribution in [1.82, 2.24) is 10.6 Å². The molecule has 7 nitrogen and oxygen atoms in total. The molecule has 0 saturated heterocycles. The van der Waals surface area contributed by atoms with Crippen LogP contribution >= 0.6 is 0 Å². The zero-order valence-electron chi connectivity index (χ0n) is 20.9. The Labute approximate surface area is 217 Å². The lowest BCUT2D eigenvalue weighted by molar-refractivity contribution is -0.150. The molecular weight excluding hydrogens is 475 g/mol. The van der Waals surface area contributed by atoms with Crippen LogP contribution in [0, 0.1) is 17.7 Å². The third-order valence-electron chi connectivity index (χ3n) is 5.78. The number of nitrogens with one attached hydrogen (secondary N) is 2. The van der Waals surface area contributed by atoms with Gasteiger partial charge in [-0.3, -0.25) is 14.4 Å². The third kappa shape index (κ3) is 10.4. The van der Waals surface area contributed by atoms with Gasteiger partial charge >= 0.3 is 5.97 Å². The Hall–Kier alpha value is -3.78. The van der Waals surface area contributed by atoms with Crippen LogP contribution in [0.2, 0.25) is 0 Å². The monoisotopic (exact) mass is 510 g/mol. The van der Waals surface area contributed by atoms with Crippen LogP contribution in [-0.2, 0) is 25.5 Å². The smallest absolute Gasteiger partial charge is 0.309 e. The topological polar surface area (TPSA) is 105 Å². The Kier molecular flexibility index (Phi) is 12.8. The average molecular weight is 511 g/mol. The SMILES string of the molecule is C=CC[C@H](CC(=O)NCCO)C(=O)N[C@H](COC(=O)[C@@H](CC=C)Cc1ccc(F)cc1)c1ccccc1. The summed E-state index contributed by atoms with van der Waals surface area (Å²) >= 11 is 0. The van der Waals surface area contributed by atoms with Crippen molar-refractivity contribution in [2.24, 2.45) is 11.8 Å². The van der Waals surface area contributed by atoms with E-state index in [1.807, 2.05) is 30.3 Å². The van der Waals surface area contributed by atoms with E-state index in [1.54, 1.807) is 24.3 Å². The molecule has 0 fully saturated rings. The Balaban J connectivity index is 2.11. The highest BCUT2D eigenvalue weighted by Crippen LogP contribution is 2.20. The molecule has 8 heteroatoms. The van der Waals surface area contributed by atoms with Crippen LogP contribution in [0.15, 0.2) is 79.9 Å². The number of rotatable bonds is 16. The Morgan fingerprint density at radius 1 is 0.973 bits per heavy atom. The predicted molar refractivity (Wildman–Crippen MR) is 140 cm³/mol. The summed E-state index contributed by atoms with van der Waals surface area (Å²) < 4.78 is 18.9. The molecule has 0 aliphatic rings. The van der Waals surface area contributed by atoms with Crippen molar-refractivity contribution in [2.45, 2.75) is 31.7 Å². The maximum absolute atomic E-state index is 13.3. The second kappa shape index (κ2) is 16.1. The van der Waals surface area contributed by atoms with E-state index in [0.29, 0.717) is 12.8 Å². The summed E-state index contributed by atoms with van der Waals surface area (Å²) in [6, 6.07) is 14.4. The molecule has 0 unspecified atom stereocenters. The van der Waals surface area contributed by atoms with Crippen molar-refractivity contribution >= 4 is 17.8 Å². The van der Waals surface area contributed by atoms with Gasteiger partial charge in [-0.1, -0.05) is 54.6 Å². The van der Waals surface area contributed by atoms with Crippen molar-refractivity contribution in [3.05, 3.63) is 96.9 Å². The standard InChI is InChI=1S/C29H35FN2O5/c1-3-8-23(19-27(34)31-16-17-33)28(35)32-26(22-10-6-5-7-11-22)20-37-29(36)24(9-4-2)18-21-12-14-25(30)15-13-21/h3-7,10-15,23-24,26,33H,1-2,8-9,16-20H2,(H,31,34)(H,32,35)/t23-,24+,26-/m1/s1. The zero-order chi connectivity index (χ0) is 27.0. The second-order valence-electron chi connectivity index (χ2n) is 8.65. The zero-order valence-corrected chi connectivity index (χ0v) is 20.9. The minimum Gasteiger partial charge on any atom is -0.463 e. The molecule has 0 spiro atoms. The number of ether oxygens (including phenoxy) is 1. The molecule has 0 saturated carbocycles. The molecule has 37 heavy (non-hydrogen) atoms. The number of allylic oxidation sites excluding steroid dienone is 2. The maximum Gasteiger partial charge on any atom is 0.309 e. The molecule has 2 amide bonds. The van der Waals surface area contributed by atoms with E-state index < -0.39 is 23.8 Å². The molecule has 2 rings (SSSR count). The first-order valence-electron chi connectivity index (χ1n) is 12.2. The first-order chi connectivity index (χ1) is 17.9. The molecule has 3 atom stereocenters. The Morgan fingerprint density at radius 3 is 2.24 bits per heavy atom. The normalized spacial score (nSPS) is 13.0. The summed E-state index contributed by atoms with van der Waals surface area (Å²) in [5.74, 6) is -2.73. The van der Waals surface area contributed by atoms with Crippen LogP contribution in [0.5, 0.6) is 0 Å². The summed E-state index contributed by atoms with van der Waals surface area (Å²) in [5, 5.41) is 14.4. The number of aliphatic hydroxyl groups excluding tert-OH is 1. The number of carbonyl (C=O) groups excluding carboxylic acids is 3. The van der Waals surface area contributed by atoms with Gasteiger partial charge in [-0.2, -0.15) is 0 Å². The first-order valence-corrected chi connectivity index (χ1v) is 12.2. The van der Waals surface area contributed by atoms with Gasteiger partial charge in [0, 0.05) is 13.0 Å². The molecule has 198 valence electrons. The third-order valence-corrected chi connectivity index (χ3v) is 5.78. The molecule has 0 aliphatic carbocycles. The number of carbonyl (C=O) groups is 3. The van der Waals surface area contributed by atoms with Crippen molar-refractivity contribution in [3.8, 4) is 0 Å². The highest BCUT2D eigenvalue weighted by atomic mass is 19.1. The summed E-state index contributed by atoms with van der Waals surface area (Å²) in [6.45, 7) is 7.20. The minimum absolute atomic E-state index is 0.0712. The van der Waals surface area contributed by atoms with E-state index in [-0.39, 0.29) is 50.2 Å². The van der Waals surface area contributed by atoms with E-state index in [0.717, 1.165) is 11.1 Å². The van der Waals surface area contributed by atoms with E-state index >= 15 is 0 Å². The van der Waals surface area contributed by atoms with Crippen LogP contribution in [-0.4, -0.2) is 42.6 Å². The number of halogens is 1. The number of aliphatic hydroxyl groups is 1. The Bertz CT molecular complexity index is 1030. The van der Waals surface area contributed by atoms with Gasteiger partial charge in [0.1, 0.15) is 12.4 Å². The molecule has 0 aromatic heterocycles. The van der Waals surface area contributed by atoms with E-state index in [4.69, 9.17) is 9.84 Å². The lowest BCUT2D eigenvalue weighted by Crippen LogP contribution is -2.39. The number of hydrogen-bond donors (Lipinski definition) is 3. The largest absolute Gasteiger partial charge is 0.463 e. The molecule has 0 aliphatic heterocycles. The number of benzene rings is 2. The highest BCUT2D eigenvalue weighted by molar-refractivity contribution is 5.86. The summed E-state index contributed by atoms with van der Waals surface area (Å²) in [4.78, 5) is 38.2. The van der Waals surface area contributed by atoms with Gasteiger partial charge in [-0.05, 0) is 42.5 Å². The van der Waals surface area contributed by atoms with Gasteiger partial charge in [0.15, 0.2) is 0 Å². The lowest BCUT2D eigenvalue weighted by Gasteiger charge is -2.23. The number of hydrogen-bond acceptors (Lipinski definition) is 5. The summed E-state index contributed by atoms with van der Waals surface area (Å²) in [7, 11) is 0. The maximum atomic E-state index is 13.3. The van der Waals surface area contributed by atoms with Crippen molar-refractivity contribution in [3.63, 3.8) is 0 Å². The van der Waals surface area contributed by atoms with Crippen molar-refractivity contribution in [2.75, 3.05) is 19.8 Å². The van der Waals surface area contributed by atoms with Crippen LogP contribution in [0.25, 0.3) is 0 Å². The molecule has 0 heterocycles. The average Bonchev–Trinajstić information content (AvgIpc) is 2.90. The van der Waals surface area contributed by atoms with Gasteiger partial charge < -0.3 is 20.5 Å². The molecule has 0 radical (unpaired) electrons. The van der Waals surface area contributed by atoms with Crippen LogP contribution in [0.4, 0.5) is 4.39 Å². The van der Waals surface area contributed by atoms with Gasteiger partial charge in [-0.25, -0.2) is 4.39 Å². The Morgan fingerprint density at radius 2 is 1.62 bits per heavy atom. The molecular formula is C29H35FN2O5. The van der Waals surface area contributed by atoms with Gasteiger partial charge in [0.2, 0.25) is 11.8 Å². The fraction of sp³-hybridized carbons (Fsp3) is 0.345. The lowest BCUT2D eigenvalue weighted by atomic mass is 9.96.